The Morgan fingerprint density at radius 1 is 1.36 bits per heavy atom. The van der Waals surface area contributed by atoms with E-state index in [4.69, 9.17) is 10.7 Å². The number of rotatable bonds is 1. The molecular formula is C8H7ClN2O2S. The van der Waals surface area contributed by atoms with E-state index in [-0.39, 0.29) is 0 Å². The monoisotopic (exact) mass is 230 g/mol. The number of aryl methyl sites for hydroxylation is 1. The lowest BCUT2D eigenvalue weighted by Gasteiger charge is -1.99. The van der Waals surface area contributed by atoms with E-state index in [1.54, 1.807) is 31.2 Å². The van der Waals surface area contributed by atoms with E-state index < -0.39 is 9.24 Å². The average Bonchev–Trinajstić information content (AvgIpc) is 2.38. The van der Waals surface area contributed by atoms with Crippen LogP contribution in [0.25, 0.3) is 11.0 Å². The minimum Gasteiger partial charge on any atom is -0.232 e. The summed E-state index contributed by atoms with van der Waals surface area (Å²) in [6.45, 7) is 1.60. The largest absolute Gasteiger partial charge is 0.327 e. The molecular weight excluding hydrogens is 224 g/mol. The standard InChI is InChI=1S/C8H7ClN2O2S/c1-6-10-7-4-2-3-5-8(7)11(6)14(9,12)13/h2-5H,1H3. The number of aromatic nitrogens is 2. The van der Waals surface area contributed by atoms with E-state index in [1.165, 1.54) is 0 Å². The lowest BCUT2D eigenvalue weighted by molar-refractivity contribution is 0.602. The second-order valence-corrected chi connectivity index (χ2v) is 5.21. The highest BCUT2D eigenvalue weighted by molar-refractivity contribution is 8.12. The summed E-state index contributed by atoms with van der Waals surface area (Å²) in [6, 6.07) is 6.93. The van der Waals surface area contributed by atoms with E-state index >= 15 is 0 Å². The molecule has 2 rings (SSSR count). The highest BCUT2D eigenvalue weighted by Crippen LogP contribution is 2.19. The van der Waals surface area contributed by atoms with Gasteiger partial charge in [0.15, 0.2) is 0 Å². The molecule has 0 amide bonds. The molecule has 0 bridgehead atoms. The molecule has 14 heavy (non-hydrogen) atoms. The van der Waals surface area contributed by atoms with Crippen LogP contribution in [0.3, 0.4) is 0 Å². The molecule has 6 heteroatoms. The molecule has 0 saturated heterocycles. The van der Waals surface area contributed by atoms with Gasteiger partial charge in [0, 0.05) is 10.7 Å². The smallest absolute Gasteiger partial charge is 0.232 e. The van der Waals surface area contributed by atoms with Gasteiger partial charge in [-0.2, -0.15) is 8.42 Å². The summed E-state index contributed by atoms with van der Waals surface area (Å²) in [5.74, 6) is 0.362. The van der Waals surface area contributed by atoms with Crippen molar-refractivity contribution in [3.63, 3.8) is 0 Å². The van der Waals surface area contributed by atoms with Gasteiger partial charge >= 0.3 is 9.24 Å². The fourth-order valence-corrected chi connectivity index (χ4v) is 2.67. The van der Waals surface area contributed by atoms with Crippen LogP contribution in [0, 0.1) is 6.92 Å². The fraction of sp³-hybridized carbons (Fsp3) is 0.125. The maximum absolute atomic E-state index is 11.2. The lowest BCUT2D eigenvalue weighted by Crippen LogP contribution is -2.06. The number of nitrogens with zero attached hydrogens (tertiary/aromatic N) is 2. The summed E-state index contributed by atoms with van der Waals surface area (Å²) < 4.78 is 23.5. The van der Waals surface area contributed by atoms with Crippen LogP contribution in [0.1, 0.15) is 5.82 Å². The minimum atomic E-state index is -3.79. The van der Waals surface area contributed by atoms with Crippen LogP contribution >= 0.6 is 10.7 Å². The van der Waals surface area contributed by atoms with Gasteiger partial charge in [-0.05, 0) is 19.1 Å². The molecule has 0 N–H and O–H groups in total. The first-order valence-corrected chi connectivity index (χ1v) is 6.16. The second-order valence-electron chi connectivity index (χ2n) is 2.85. The molecule has 1 aromatic carbocycles. The summed E-state index contributed by atoms with van der Waals surface area (Å²) in [6.07, 6.45) is 0. The topological polar surface area (TPSA) is 52.0 Å². The van der Waals surface area contributed by atoms with Crippen molar-refractivity contribution in [2.75, 3.05) is 0 Å². The molecule has 0 aliphatic rings. The number of fused-ring (bicyclic) bond motifs is 1. The van der Waals surface area contributed by atoms with Crippen LogP contribution < -0.4 is 0 Å². The Labute approximate surface area is 85.7 Å². The first kappa shape index (κ1) is 9.48. The minimum absolute atomic E-state index is 0.362. The maximum Gasteiger partial charge on any atom is 0.327 e. The second kappa shape index (κ2) is 2.96. The summed E-state index contributed by atoms with van der Waals surface area (Å²) in [5.41, 5.74) is 1.12. The maximum atomic E-state index is 11.2. The molecule has 0 fully saturated rings. The van der Waals surface area contributed by atoms with Gasteiger partial charge in [0.05, 0.1) is 11.0 Å². The molecule has 0 atom stereocenters. The number of benzene rings is 1. The van der Waals surface area contributed by atoms with Crippen LogP contribution in [-0.4, -0.2) is 17.4 Å². The van der Waals surface area contributed by atoms with Crippen molar-refractivity contribution in [1.82, 2.24) is 8.96 Å². The highest BCUT2D eigenvalue weighted by Gasteiger charge is 2.16. The van der Waals surface area contributed by atoms with Gasteiger partial charge in [-0.3, -0.25) is 0 Å². The number of hydrogen-bond acceptors (Lipinski definition) is 3. The first-order valence-electron chi connectivity index (χ1n) is 3.89. The van der Waals surface area contributed by atoms with Crippen molar-refractivity contribution < 1.29 is 8.42 Å². The molecule has 2 aromatic rings. The Hall–Kier alpha value is -1.07. The molecule has 0 spiro atoms. The normalized spacial score (nSPS) is 12.1. The van der Waals surface area contributed by atoms with Crippen LogP contribution in [0.4, 0.5) is 0 Å². The Morgan fingerprint density at radius 3 is 2.64 bits per heavy atom. The number of hydrogen-bond donors (Lipinski definition) is 0. The number of halogens is 1. The van der Waals surface area contributed by atoms with Gasteiger partial charge in [-0.1, -0.05) is 12.1 Å². The summed E-state index contributed by atoms with van der Waals surface area (Å²) in [7, 11) is 1.49. The quantitative estimate of drug-likeness (QED) is 0.701. The van der Waals surface area contributed by atoms with Crippen molar-refractivity contribution >= 4 is 31.0 Å². The van der Waals surface area contributed by atoms with Gasteiger partial charge in [-0.25, -0.2) is 8.96 Å². The molecule has 0 aliphatic heterocycles. The zero-order valence-electron chi connectivity index (χ0n) is 7.31. The van der Waals surface area contributed by atoms with Gasteiger partial charge in [0.2, 0.25) is 0 Å². The number of imidazole rings is 1. The SMILES string of the molecule is Cc1nc2ccccc2n1S(=O)(=O)Cl. The molecule has 74 valence electrons. The third-order valence-electron chi connectivity index (χ3n) is 1.89. The fourth-order valence-electron chi connectivity index (χ4n) is 1.40. The first-order chi connectivity index (χ1) is 6.50. The highest BCUT2D eigenvalue weighted by atomic mass is 35.7. The van der Waals surface area contributed by atoms with Crippen LogP contribution in [0.2, 0.25) is 0 Å². The third kappa shape index (κ3) is 1.38. The zero-order chi connectivity index (χ0) is 10.3. The Morgan fingerprint density at radius 2 is 2.00 bits per heavy atom. The lowest BCUT2D eigenvalue weighted by atomic mass is 10.3. The van der Waals surface area contributed by atoms with Gasteiger partial charge in [0.1, 0.15) is 5.82 Å². The Kier molecular flexibility index (Phi) is 2.01. The van der Waals surface area contributed by atoms with E-state index in [9.17, 15) is 8.42 Å². The Balaban J connectivity index is 2.95. The number of para-hydroxylation sites is 2. The van der Waals surface area contributed by atoms with Crippen LogP contribution in [0.15, 0.2) is 24.3 Å². The van der Waals surface area contributed by atoms with Crippen molar-refractivity contribution in [3.8, 4) is 0 Å². The predicted molar refractivity (Wildman–Crippen MR) is 54.6 cm³/mol. The van der Waals surface area contributed by atoms with Crippen molar-refractivity contribution in [1.29, 1.82) is 0 Å². The van der Waals surface area contributed by atoms with Crippen LogP contribution in [-0.2, 0) is 9.24 Å². The predicted octanol–water partition coefficient (Wildman–Crippen LogP) is 1.68. The zero-order valence-corrected chi connectivity index (χ0v) is 8.88. The van der Waals surface area contributed by atoms with E-state index in [0.29, 0.717) is 16.9 Å². The van der Waals surface area contributed by atoms with E-state index in [0.717, 1.165) is 3.97 Å². The van der Waals surface area contributed by atoms with Crippen molar-refractivity contribution in [2.45, 2.75) is 6.92 Å². The average molecular weight is 231 g/mol. The molecule has 4 nitrogen and oxygen atoms in total. The van der Waals surface area contributed by atoms with E-state index in [1.807, 2.05) is 0 Å². The van der Waals surface area contributed by atoms with Crippen LogP contribution in [0.5, 0.6) is 0 Å². The van der Waals surface area contributed by atoms with Gasteiger partial charge in [-0.15, -0.1) is 0 Å². The molecule has 0 radical (unpaired) electrons. The Bertz CT molecular complexity index is 588. The molecule has 0 aliphatic carbocycles. The van der Waals surface area contributed by atoms with Crippen molar-refractivity contribution in [3.05, 3.63) is 30.1 Å². The molecule has 0 saturated carbocycles. The summed E-state index contributed by atoms with van der Waals surface area (Å²) in [4.78, 5) is 4.08. The summed E-state index contributed by atoms with van der Waals surface area (Å²) in [5, 5.41) is 0. The van der Waals surface area contributed by atoms with Gasteiger partial charge in [0.25, 0.3) is 0 Å². The summed E-state index contributed by atoms with van der Waals surface area (Å²) >= 11 is 0. The molecule has 1 heterocycles. The van der Waals surface area contributed by atoms with Crippen molar-refractivity contribution in [2.24, 2.45) is 0 Å². The van der Waals surface area contributed by atoms with E-state index in [2.05, 4.69) is 4.98 Å². The van der Waals surface area contributed by atoms with Gasteiger partial charge < -0.3 is 0 Å². The molecule has 0 unspecified atom stereocenters. The molecule has 1 aromatic heterocycles. The third-order valence-corrected chi connectivity index (χ3v) is 3.21.